The van der Waals surface area contributed by atoms with Crippen LogP contribution in [0.25, 0.3) is 0 Å². The number of aromatic carboxylic acids is 1. The van der Waals surface area contributed by atoms with Crippen LogP contribution in [0.1, 0.15) is 27.0 Å². The molecule has 0 fully saturated rings. The van der Waals surface area contributed by atoms with Gasteiger partial charge in [-0.3, -0.25) is 0 Å². The summed E-state index contributed by atoms with van der Waals surface area (Å²) in [7, 11) is 0. The van der Waals surface area contributed by atoms with Crippen molar-refractivity contribution in [3.8, 4) is 0 Å². The Labute approximate surface area is 117 Å². The van der Waals surface area contributed by atoms with Crippen LogP contribution in [0.4, 0.5) is 0 Å². The van der Waals surface area contributed by atoms with E-state index in [-0.39, 0.29) is 0 Å². The summed E-state index contributed by atoms with van der Waals surface area (Å²) in [6.07, 6.45) is 0. The maximum atomic E-state index is 11.2. The zero-order valence-corrected chi connectivity index (χ0v) is 11.8. The van der Waals surface area contributed by atoms with Crippen LogP contribution in [0.15, 0.2) is 47.4 Å². The number of carbonyl (C=O) groups is 1. The molecule has 1 N–H and O–H groups in total. The maximum absolute atomic E-state index is 11.2. The van der Waals surface area contributed by atoms with Crippen molar-refractivity contribution in [2.75, 3.05) is 0 Å². The first-order valence-corrected chi connectivity index (χ1v) is 7.08. The minimum Gasteiger partial charge on any atom is -0.478 e. The molecular weight excluding hydrogens is 256 g/mol. The highest BCUT2D eigenvalue weighted by Gasteiger charge is 2.12. The van der Waals surface area contributed by atoms with Crippen LogP contribution < -0.4 is 0 Å². The first kappa shape index (κ1) is 13.7. The molecule has 0 aliphatic carbocycles. The summed E-state index contributed by atoms with van der Waals surface area (Å²) >= 11 is 1.59. The molecule has 0 atom stereocenters. The largest absolute Gasteiger partial charge is 0.478 e. The fourth-order valence-electron chi connectivity index (χ4n) is 1.93. The quantitative estimate of drug-likeness (QED) is 0.843. The molecule has 19 heavy (non-hydrogen) atoms. The van der Waals surface area contributed by atoms with E-state index < -0.39 is 5.97 Å². The number of carboxylic acid groups (broad SMARTS) is 1. The molecule has 0 aliphatic rings. The lowest BCUT2D eigenvalue weighted by Gasteiger charge is -2.10. The van der Waals surface area contributed by atoms with Gasteiger partial charge < -0.3 is 5.11 Å². The summed E-state index contributed by atoms with van der Waals surface area (Å²) in [6.45, 7) is 4.03. The van der Waals surface area contributed by atoms with Gasteiger partial charge in [0.2, 0.25) is 0 Å². The van der Waals surface area contributed by atoms with Crippen LogP contribution in [0.5, 0.6) is 0 Å². The number of benzene rings is 2. The molecule has 98 valence electrons. The monoisotopic (exact) mass is 272 g/mol. The number of aryl methyl sites for hydroxylation is 2. The summed E-state index contributed by atoms with van der Waals surface area (Å²) in [5, 5.41) is 9.23. The maximum Gasteiger partial charge on any atom is 0.336 e. The SMILES string of the molecule is Cc1ccccc1CSc1c(C)cccc1C(=O)O. The van der Waals surface area contributed by atoms with Crippen molar-refractivity contribution in [1.82, 2.24) is 0 Å². The van der Waals surface area contributed by atoms with E-state index in [0.717, 1.165) is 16.2 Å². The summed E-state index contributed by atoms with van der Waals surface area (Å²) in [4.78, 5) is 12.1. The molecule has 0 aliphatic heterocycles. The second-order valence-corrected chi connectivity index (χ2v) is 5.46. The van der Waals surface area contributed by atoms with Gasteiger partial charge in [0.15, 0.2) is 0 Å². The third-order valence-electron chi connectivity index (χ3n) is 3.08. The van der Waals surface area contributed by atoms with E-state index >= 15 is 0 Å². The molecule has 0 bridgehead atoms. The molecule has 2 aromatic carbocycles. The lowest BCUT2D eigenvalue weighted by atomic mass is 10.1. The highest BCUT2D eigenvalue weighted by Crippen LogP contribution is 2.30. The highest BCUT2D eigenvalue weighted by molar-refractivity contribution is 7.98. The van der Waals surface area contributed by atoms with Gasteiger partial charge in [-0.05, 0) is 36.6 Å². The zero-order chi connectivity index (χ0) is 13.8. The highest BCUT2D eigenvalue weighted by atomic mass is 32.2. The fraction of sp³-hybridized carbons (Fsp3) is 0.188. The molecule has 0 amide bonds. The molecule has 2 nitrogen and oxygen atoms in total. The minimum atomic E-state index is -0.865. The van der Waals surface area contributed by atoms with E-state index in [1.54, 1.807) is 23.9 Å². The van der Waals surface area contributed by atoms with Crippen LogP contribution in [0, 0.1) is 13.8 Å². The van der Waals surface area contributed by atoms with Crippen LogP contribution in [0.2, 0.25) is 0 Å². The Hall–Kier alpha value is -1.74. The van der Waals surface area contributed by atoms with Gasteiger partial charge in [-0.25, -0.2) is 4.79 Å². The topological polar surface area (TPSA) is 37.3 Å². The van der Waals surface area contributed by atoms with Crippen molar-refractivity contribution in [2.24, 2.45) is 0 Å². The van der Waals surface area contributed by atoms with Gasteiger partial charge in [-0.2, -0.15) is 0 Å². The molecule has 2 rings (SSSR count). The number of carboxylic acids is 1. The average Bonchev–Trinajstić information content (AvgIpc) is 2.38. The Kier molecular flexibility index (Phi) is 4.27. The van der Waals surface area contributed by atoms with E-state index in [9.17, 15) is 9.90 Å². The molecule has 0 heterocycles. The molecule has 0 unspecified atom stereocenters. The van der Waals surface area contributed by atoms with Gasteiger partial charge in [0.05, 0.1) is 5.56 Å². The predicted octanol–water partition coefficient (Wildman–Crippen LogP) is 4.29. The number of thioether (sulfide) groups is 1. The Morgan fingerprint density at radius 2 is 1.74 bits per heavy atom. The van der Waals surface area contributed by atoms with Crippen molar-refractivity contribution in [3.05, 3.63) is 64.7 Å². The van der Waals surface area contributed by atoms with Gasteiger partial charge in [0, 0.05) is 10.6 Å². The summed E-state index contributed by atoms with van der Waals surface area (Å²) < 4.78 is 0. The normalized spacial score (nSPS) is 10.4. The lowest BCUT2D eigenvalue weighted by molar-refractivity contribution is 0.0693. The lowest BCUT2D eigenvalue weighted by Crippen LogP contribution is -2.00. The van der Waals surface area contributed by atoms with Gasteiger partial charge in [-0.15, -0.1) is 11.8 Å². The number of hydrogen-bond acceptors (Lipinski definition) is 2. The van der Waals surface area contributed by atoms with Crippen LogP contribution in [0.3, 0.4) is 0 Å². The van der Waals surface area contributed by atoms with Gasteiger partial charge in [-0.1, -0.05) is 36.4 Å². The van der Waals surface area contributed by atoms with Crippen molar-refractivity contribution < 1.29 is 9.90 Å². The summed E-state index contributed by atoms with van der Waals surface area (Å²) in [5.41, 5.74) is 3.88. The van der Waals surface area contributed by atoms with Gasteiger partial charge in [0.25, 0.3) is 0 Å². The Morgan fingerprint density at radius 1 is 1.05 bits per heavy atom. The van der Waals surface area contributed by atoms with Gasteiger partial charge in [0.1, 0.15) is 0 Å². The average molecular weight is 272 g/mol. The van der Waals surface area contributed by atoms with Crippen LogP contribution in [-0.4, -0.2) is 11.1 Å². The van der Waals surface area contributed by atoms with Crippen molar-refractivity contribution in [2.45, 2.75) is 24.5 Å². The molecule has 0 saturated carbocycles. The van der Waals surface area contributed by atoms with E-state index in [1.165, 1.54) is 11.1 Å². The van der Waals surface area contributed by atoms with E-state index in [0.29, 0.717) is 5.56 Å². The smallest absolute Gasteiger partial charge is 0.336 e. The third kappa shape index (κ3) is 3.18. The zero-order valence-electron chi connectivity index (χ0n) is 11.0. The molecule has 3 heteroatoms. The molecule has 0 aromatic heterocycles. The van der Waals surface area contributed by atoms with E-state index in [4.69, 9.17) is 0 Å². The van der Waals surface area contributed by atoms with Crippen molar-refractivity contribution >= 4 is 17.7 Å². The fourth-order valence-corrected chi connectivity index (χ4v) is 3.16. The standard InChI is InChI=1S/C16H16O2S/c1-11-6-3-4-8-13(11)10-19-15-12(2)7-5-9-14(15)16(17)18/h3-9H,10H2,1-2H3,(H,17,18). The van der Waals surface area contributed by atoms with Crippen molar-refractivity contribution in [3.63, 3.8) is 0 Å². The Morgan fingerprint density at radius 3 is 2.42 bits per heavy atom. The molecule has 0 radical (unpaired) electrons. The number of hydrogen-bond donors (Lipinski definition) is 1. The molecule has 0 saturated heterocycles. The van der Waals surface area contributed by atoms with Crippen LogP contribution >= 0.6 is 11.8 Å². The summed E-state index contributed by atoms with van der Waals surface area (Å²) in [6, 6.07) is 13.6. The van der Waals surface area contributed by atoms with Crippen LogP contribution in [-0.2, 0) is 5.75 Å². The van der Waals surface area contributed by atoms with Crippen molar-refractivity contribution in [1.29, 1.82) is 0 Å². The van der Waals surface area contributed by atoms with Gasteiger partial charge >= 0.3 is 5.97 Å². The predicted molar refractivity (Wildman–Crippen MR) is 78.9 cm³/mol. The minimum absolute atomic E-state index is 0.388. The molecule has 0 spiro atoms. The second kappa shape index (κ2) is 5.93. The first-order chi connectivity index (χ1) is 9.09. The number of rotatable bonds is 4. The second-order valence-electron chi connectivity index (χ2n) is 4.47. The summed E-state index contributed by atoms with van der Waals surface area (Å²) in [5.74, 6) is -0.0753. The van der Waals surface area contributed by atoms with E-state index in [1.807, 2.05) is 25.1 Å². The third-order valence-corrected chi connectivity index (χ3v) is 4.36. The molecular formula is C16H16O2S. The molecule has 2 aromatic rings. The first-order valence-electron chi connectivity index (χ1n) is 6.10. The Bertz CT molecular complexity index is 605. The van der Waals surface area contributed by atoms with E-state index in [2.05, 4.69) is 19.1 Å². The Balaban J connectivity index is 2.25.